The number of rotatable bonds is 5. The highest BCUT2D eigenvalue weighted by Crippen LogP contribution is 2.24. The van der Waals surface area contributed by atoms with E-state index in [9.17, 15) is 13.2 Å². The summed E-state index contributed by atoms with van der Waals surface area (Å²) in [5.74, 6) is 1.17. The molecular formula is C13H22N4O3S2. The molecule has 7 nitrogen and oxygen atoms in total. The van der Waals surface area contributed by atoms with Crippen molar-refractivity contribution in [3.63, 3.8) is 0 Å². The predicted octanol–water partition coefficient (Wildman–Crippen LogP) is 1.05. The third kappa shape index (κ3) is 4.01. The Morgan fingerprint density at radius 1 is 1.41 bits per heavy atom. The molecule has 0 radical (unpaired) electrons. The largest absolute Gasteiger partial charge is 0.341 e. The topological polar surface area (TPSA) is 96.0 Å². The van der Waals surface area contributed by atoms with Crippen LogP contribution in [0.15, 0.2) is 5.16 Å². The Hall–Kier alpha value is -1.09. The van der Waals surface area contributed by atoms with Gasteiger partial charge in [-0.05, 0) is 13.3 Å². The Bertz CT molecular complexity index is 641. The van der Waals surface area contributed by atoms with Gasteiger partial charge in [-0.1, -0.05) is 25.6 Å². The Labute approximate surface area is 135 Å². The lowest BCUT2D eigenvalue weighted by Gasteiger charge is -2.25. The normalized spacial score (nSPS) is 22.0. The molecule has 1 N–H and O–H groups in total. The number of aromatic nitrogens is 3. The summed E-state index contributed by atoms with van der Waals surface area (Å²) in [6, 6.07) is -0.223. The van der Waals surface area contributed by atoms with E-state index in [0.717, 1.165) is 5.82 Å². The lowest BCUT2D eigenvalue weighted by atomic mass is 10.2. The molecule has 1 aromatic heterocycles. The first-order valence-electron chi connectivity index (χ1n) is 7.25. The van der Waals surface area contributed by atoms with Gasteiger partial charge in [-0.15, -0.1) is 5.10 Å². The van der Waals surface area contributed by atoms with Crippen molar-refractivity contribution in [1.82, 2.24) is 20.1 Å². The fourth-order valence-corrected chi connectivity index (χ4v) is 4.93. The molecule has 1 aliphatic rings. The second-order valence-electron chi connectivity index (χ2n) is 5.92. The number of H-pyrrole nitrogens is 1. The summed E-state index contributed by atoms with van der Waals surface area (Å²) in [6.07, 6.45) is 0.514. The van der Waals surface area contributed by atoms with Crippen LogP contribution in [0.5, 0.6) is 0 Å². The molecule has 124 valence electrons. The van der Waals surface area contributed by atoms with E-state index < -0.39 is 9.84 Å². The summed E-state index contributed by atoms with van der Waals surface area (Å²) in [6.45, 7) is 5.81. The summed E-state index contributed by atoms with van der Waals surface area (Å²) in [5.41, 5.74) is 0. The first-order chi connectivity index (χ1) is 10.2. The van der Waals surface area contributed by atoms with Crippen LogP contribution in [-0.2, 0) is 14.6 Å². The van der Waals surface area contributed by atoms with Crippen LogP contribution in [0.4, 0.5) is 0 Å². The fourth-order valence-electron chi connectivity index (χ4n) is 2.33. The Kier molecular flexibility index (Phi) is 5.16. The molecule has 9 heteroatoms. The molecule has 0 aliphatic carbocycles. The minimum atomic E-state index is -3.00. The van der Waals surface area contributed by atoms with E-state index in [-0.39, 0.29) is 34.6 Å². The number of hydrogen-bond donors (Lipinski definition) is 1. The number of nitrogens with one attached hydrogen (secondary N) is 1. The molecular weight excluding hydrogens is 324 g/mol. The van der Waals surface area contributed by atoms with Crippen LogP contribution in [0, 0.1) is 0 Å². The molecule has 1 amide bonds. The average molecular weight is 346 g/mol. The van der Waals surface area contributed by atoms with Gasteiger partial charge < -0.3 is 4.90 Å². The number of carbonyl (C=O) groups is 1. The third-order valence-corrected chi connectivity index (χ3v) is 6.46. The van der Waals surface area contributed by atoms with Crippen molar-refractivity contribution in [2.45, 2.75) is 49.6 Å². The van der Waals surface area contributed by atoms with E-state index in [2.05, 4.69) is 15.2 Å². The van der Waals surface area contributed by atoms with Gasteiger partial charge in [0.05, 0.1) is 16.8 Å². The van der Waals surface area contributed by atoms with Crippen molar-refractivity contribution in [3.05, 3.63) is 5.82 Å². The summed E-state index contributed by atoms with van der Waals surface area (Å²) in [7, 11) is -1.33. The fraction of sp³-hybridized carbons (Fsp3) is 0.769. The highest BCUT2D eigenvalue weighted by atomic mass is 32.2. The molecule has 2 atom stereocenters. The van der Waals surface area contributed by atoms with Crippen LogP contribution in [-0.4, -0.2) is 64.3 Å². The molecule has 0 saturated carbocycles. The molecule has 22 heavy (non-hydrogen) atoms. The number of hydrogen-bond acceptors (Lipinski definition) is 6. The van der Waals surface area contributed by atoms with Crippen LogP contribution in [0.2, 0.25) is 0 Å². The Morgan fingerprint density at radius 3 is 2.59 bits per heavy atom. The van der Waals surface area contributed by atoms with Gasteiger partial charge in [0, 0.05) is 19.0 Å². The van der Waals surface area contributed by atoms with E-state index in [1.165, 1.54) is 11.8 Å². The minimum Gasteiger partial charge on any atom is -0.341 e. The molecule has 0 aromatic carbocycles. The van der Waals surface area contributed by atoms with Gasteiger partial charge in [-0.25, -0.2) is 13.4 Å². The summed E-state index contributed by atoms with van der Waals surface area (Å²) >= 11 is 1.28. The maximum atomic E-state index is 12.4. The smallest absolute Gasteiger partial charge is 0.235 e. The molecule has 0 spiro atoms. The van der Waals surface area contributed by atoms with Crippen molar-refractivity contribution in [2.24, 2.45) is 0 Å². The maximum absolute atomic E-state index is 12.4. The summed E-state index contributed by atoms with van der Waals surface area (Å²) in [4.78, 5) is 18.3. The third-order valence-electron chi connectivity index (χ3n) is 3.76. The van der Waals surface area contributed by atoms with Crippen molar-refractivity contribution in [1.29, 1.82) is 0 Å². The zero-order chi connectivity index (χ0) is 16.5. The molecule has 1 saturated heterocycles. The van der Waals surface area contributed by atoms with Gasteiger partial charge >= 0.3 is 0 Å². The number of sulfone groups is 1. The zero-order valence-corrected chi connectivity index (χ0v) is 14.9. The number of aromatic amines is 1. The van der Waals surface area contributed by atoms with E-state index in [4.69, 9.17) is 0 Å². The number of nitrogens with zero attached hydrogens (tertiary/aromatic N) is 3. The van der Waals surface area contributed by atoms with Crippen molar-refractivity contribution in [3.8, 4) is 0 Å². The standard InChI is InChI=1S/C13H22N4O3S2/c1-8(2)11-14-13(16-15-11)21-9(3)12(18)17(4)10-5-6-22(19,20)7-10/h8-10H,5-7H2,1-4H3,(H,14,15,16). The average Bonchev–Trinajstić information content (AvgIpc) is 3.03. The van der Waals surface area contributed by atoms with Crippen LogP contribution in [0.1, 0.15) is 38.9 Å². The van der Waals surface area contributed by atoms with Gasteiger partial charge in [0.25, 0.3) is 0 Å². The molecule has 1 fully saturated rings. The van der Waals surface area contributed by atoms with Gasteiger partial charge in [0.1, 0.15) is 5.82 Å². The van der Waals surface area contributed by atoms with Gasteiger partial charge in [0.2, 0.25) is 11.1 Å². The molecule has 0 bridgehead atoms. The second-order valence-corrected chi connectivity index (χ2v) is 9.46. The predicted molar refractivity (Wildman–Crippen MR) is 85.6 cm³/mol. The first kappa shape index (κ1) is 17.3. The molecule has 2 rings (SSSR count). The zero-order valence-electron chi connectivity index (χ0n) is 13.2. The van der Waals surface area contributed by atoms with Crippen LogP contribution < -0.4 is 0 Å². The number of carbonyl (C=O) groups excluding carboxylic acids is 1. The molecule has 1 aromatic rings. The molecule has 2 heterocycles. The SMILES string of the molecule is CC(Sc1n[nH]c(C(C)C)n1)C(=O)N(C)C1CCS(=O)(=O)C1. The highest BCUT2D eigenvalue weighted by Gasteiger charge is 2.34. The monoisotopic (exact) mass is 346 g/mol. The second kappa shape index (κ2) is 6.57. The van der Waals surface area contributed by atoms with E-state index in [0.29, 0.717) is 11.6 Å². The van der Waals surface area contributed by atoms with Crippen molar-refractivity contribution >= 4 is 27.5 Å². The molecule has 2 unspecified atom stereocenters. The van der Waals surface area contributed by atoms with E-state index in [1.54, 1.807) is 18.9 Å². The van der Waals surface area contributed by atoms with Gasteiger partial charge in [-0.2, -0.15) is 0 Å². The Morgan fingerprint density at radius 2 is 2.09 bits per heavy atom. The Balaban J connectivity index is 1.96. The summed E-state index contributed by atoms with van der Waals surface area (Å²) in [5, 5.41) is 7.14. The maximum Gasteiger partial charge on any atom is 0.235 e. The van der Waals surface area contributed by atoms with Crippen molar-refractivity contribution in [2.75, 3.05) is 18.6 Å². The number of thioether (sulfide) groups is 1. The first-order valence-corrected chi connectivity index (χ1v) is 9.95. The van der Waals surface area contributed by atoms with Crippen LogP contribution >= 0.6 is 11.8 Å². The van der Waals surface area contributed by atoms with Gasteiger partial charge in [0.15, 0.2) is 9.84 Å². The van der Waals surface area contributed by atoms with Crippen LogP contribution in [0.3, 0.4) is 0 Å². The van der Waals surface area contributed by atoms with Gasteiger partial charge in [-0.3, -0.25) is 9.89 Å². The number of amides is 1. The van der Waals surface area contributed by atoms with E-state index in [1.807, 2.05) is 13.8 Å². The van der Waals surface area contributed by atoms with Crippen molar-refractivity contribution < 1.29 is 13.2 Å². The quantitative estimate of drug-likeness (QED) is 0.801. The molecule has 1 aliphatic heterocycles. The lowest BCUT2D eigenvalue weighted by Crippen LogP contribution is -2.41. The summed E-state index contributed by atoms with van der Waals surface area (Å²) < 4.78 is 23.1. The lowest BCUT2D eigenvalue weighted by molar-refractivity contribution is -0.130. The van der Waals surface area contributed by atoms with Crippen LogP contribution in [0.25, 0.3) is 0 Å². The van der Waals surface area contributed by atoms with E-state index >= 15 is 0 Å². The highest BCUT2D eigenvalue weighted by molar-refractivity contribution is 8.00. The minimum absolute atomic E-state index is 0.0603.